The average molecular weight is 555 g/mol. The fourth-order valence-corrected chi connectivity index (χ4v) is 8.61. The van der Waals surface area contributed by atoms with Crippen molar-refractivity contribution >= 4 is 23.4 Å². The number of nitrogens with zero attached hydrogens (tertiary/aromatic N) is 2. The molecule has 4 saturated carbocycles. The monoisotopic (exact) mass is 554 g/mol. The zero-order chi connectivity index (χ0) is 27.6. The second-order valence-electron chi connectivity index (χ2n) is 13.6. The number of piperidine rings is 1. The highest BCUT2D eigenvalue weighted by atomic mass is 19.3. The van der Waals surface area contributed by atoms with E-state index in [1.807, 2.05) is 12.1 Å². The van der Waals surface area contributed by atoms with Crippen molar-refractivity contribution in [3.8, 4) is 0 Å². The number of carbonyl (C=O) groups is 3. The highest BCUT2D eigenvalue weighted by Crippen LogP contribution is 2.59. The number of rotatable bonds is 7. The molecule has 40 heavy (non-hydrogen) atoms. The summed E-state index contributed by atoms with van der Waals surface area (Å²) in [5.41, 5.74) is 3.34. The highest BCUT2D eigenvalue weighted by molar-refractivity contribution is 6.06. The third-order valence-electron chi connectivity index (χ3n) is 10.9. The minimum Gasteiger partial charge on any atom is -0.368 e. The van der Waals surface area contributed by atoms with Gasteiger partial charge in [0, 0.05) is 67.3 Å². The molecule has 1 aromatic rings. The van der Waals surface area contributed by atoms with E-state index < -0.39 is 12.0 Å². The summed E-state index contributed by atoms with van der Waals surface area (Å²) in [5, 5.41) is 5.89. The number of anilines is 1. The number of halogens is 2. The molecule has 0 bridgehead atoms. The topological polar surface area (TPSA) is 81.8 Å². The summed E-state index contributed by atoms with van der Waals surface area (Å²) in [4.78, 5) is 42.0. The molecule has 1 spiro atoms. The first kappa shape index (κ1) is 26.4. The molecule has 1 unspecified atom stereocenters. The lowest BCUT2D eigenvalue weighted by Crippen LogP contribution is -2.54. The molecular weight excluding hydrogens is 514 g/mol. The van der Waals surface area contributed by atoms with E-state index in [9.17, 15) is 23.2 Å². The van der Waals surface area contributed by atoms with Crippen molar-refractivity contribution < 1.29 is 23.2 Å². The van der Waals surface area contributed by atoms with E-state index >= 15 is 0 Å². The zero-order valence-electron chi connectivity index (χ0n) is 23.1. The van der Waals surface area contributed by atoms with E-state index in [0.717, 1.165) is 43.5 Å². The molecule has 7 rings (SSSR count). The van der Waals surface area contributed by atoms with Crippen LogP contribution in [0.4, 0.5) is 14.5 Å². The number of alkyl halides is 2. The lowest BCUT2D eigenvalue weighted by Gasteiger charge is -2.56. The summed E-state index contributed by atoms with van der Waals surface area (Å²) in [6, 6.07) is 5.90. The van der Waals surface area contributed by atoms with Gasteiger partial charge in [-0.25, -0.2) is 8.78 Å². The standard InChI is InChI=1S/C31H40F2N4O3/c32-31(33)15-21(16-31)34-20-5-7-22(8-6-20)36(17-19-13-30(14-19)11-2-12-30)25-4-1-3-23-24(25)18-37(29(23)40)26-9-10-27(38)35-28(26)39/h1,3-4,19-22,26,34H,2,5-18H2,(H,35,38,39). The maximum absolute atomic E-state index is 13.5. The molecule has 216 valence electrons. The van der Waals surface area contributed by atoms with Crippen molar-refractivity contribution in [3.63, 3.8) is 0 Å². The fourth-order valence-electron chi connectivity index (χ4n) is 8.61. The van der Waals surface area contributed by atoms with Crippen molar-refractivity contribution in [2.24, 2.45) is 11.3 Å². The maximum Gasteiger partial charge on any atom is 0.255 e. The van der Waals surface area contributed by atoms with Crippen LogP contribution in [-0.4, -0.2) is 59.3 Å². The van der Waals surface area contributed by atoms with Crippen molar-refractivity contribution in [2.45, 2.75) is 120 Å². The minimum absolute atomic E-state index is 0.0453. The largest absolute Gasteiger partial charge is 0.368 e. The molecule has 1 saturated heterocycles. The van der Waals surface area contributed by atoms with Crippen LogP contribution in [0.2, 0.25) is 0 Å². The zero-order valence-corrected chi connectivity index (χ0v) is 23.1. The first-order valence-electron chi connectivity index (χ1n) is 15.4. The smallest absolute Gasteiger partial charge is 0.255 e. The molecule has 0 aromatic heterocycles. The van der Waals surface area contributed by atoms with E-state index in [2.05, 4.69) is 21.6 Å². The molecule has 2 aliphatic heterocycles. The SMILES string of the molecule is O=C1CCC(N2Cc3c(cccc3N(CC3CC4(CCC4)C3)C3CCC(NC4CC(F)(F)C4)CC3)C2=O)C(=O)N1. The van der Waals surface area contributed by atoms with Gasteiger partial charge >= 0.3 is 0 Å². The molecule has 9 heteroatoms. The lowest BCUT2D eigenvalue weighted by molar-refractivity contribution is -0.136. The summed E-state index contributed by atoms with van der Waals surface area (Å²) in [7, 11) is 0. The van der Waals surface area contributed by atoms with Crippen molar-refractivity contribution in [2.75, 3.05) is 11.4 Å². The Balaban J connectivity index is 1.09. The normalized spacial score (nSPS) is 31.3. The van der Waals surface area contributed by atoms with Crippen LogP contribution in [0.3, 0.4) is 0 Å². The number of imide groups is 1. The third-order valence-corrected chi connectivity index (χ3v) is 10.9. The minimum atomic E-state index is -2.50. The number of nitrogens with one attached hydrogen (secondary N) is 2. The number of carbonyl (C=O) groups excluding carboxylic acids is 3. The van der Waals surface area contributed by atoms with Gasteiger partial charge in [-0.2, -0.15) is 0 Å². The van der Waals surface area contributed by atoms with Gasteiger partial charge in [-0.15, -0.1) is 0 Å². The van der Waals surface area contributed by atoms with Crippen LogP contribution in [0.15, 0.2) is 18.2 Å². The van der Waals surface area contributed by atoms with Crippen LogP contribution in [0.1, 0.15) is 99.4 Å². The lowest BCUT2D eigenvalue weighted by atomic mass is 9.52. The fraction of sp³-hybridized carbons (Fsp3) is 0.710. The molecule has 1 atom stereocenters. The first-order valence-corrected chi connectivity index (χ1v) is 15.4. The Kier molecular flexibility index (Phi) is 6.44. The maximum atomic E-state index is 13.5. The Bertz CT molecular complexity index is 1190. The van der Waals surface area contributed by atoms with Gasteiger partial charge < -0.3 is 15.1 Å². The Hall–Kier alpha value is -2.55. The number of fused-ring (bicyclic) bond motifs is 1. The van der Waals surface area contributed by atoms with E-state index in [4.69, 9.17) is 0 Å². The number of hydrogen-bond donors (Lipinski definition) is 2. The van der Waals surface area contributed by atoms with Crippen LogP contribution < -0.4 is 15.5 Å². The molecule has 7 nitrogen and oxygen atoms in total. The molecule has 2 heterocycles. The van der Waals surface area contributed by atoms with E-state index in [1.54, 1.807) is 4.90 Å². The summed E-state index contributed by atoms with van der Waals surface area (Å²) >= 11 is 0. The Labute approximate surface area is 234 Å². The summed E-state index contributed by atoms with van der Waals surface area (Å²) in [6.07, 6.45) is 11.1. The van der Waals surface area contributed by atoms with Gasteiger partial charge in [0.25, 0.3) is 11.8 Å². The van der Waals surface area contributed by atoms with E-state index in [-0.39, 0.29) is 49.1 Å². The van der Waals surface area contributed by atoms with Gasteiger partial charge in [0.2, 0.25) is 11.8 Å². The molecular formula is C31H40F2N4O3. The van der Waals surface area contributed by atoms with Gasteiger partial charge in [0.05, 0.1) is 0 Å². The van der Waals surface area contributed by atoms with Gasteiger partial charge in [0.15, 0.2) is 0 Å². The predicted molar refractivity (Wildman–Crippen MR) is 146 cm³/mol. The quantitative estimate of drug-likeness (QED) is 0.484. The van der Waals surface area contributed by atoms with E-state index in [0.29, 0.717) is 35.9 Å². The molecule has 2 N–H and O–H groups in total. The van der Waals surface area contributed by atoms with Gasteiger partial charge in [-0.1, -0.05) is 12.5 Å². The first-order chi connectivity index (χ1) is 19.2. The van der Waals surface area contributed by atoms with Crippen LogP contribution >= 0.6 is 0 Å². The van der Waals surface area contributed by atoms with Crippen molar-refractivity contribution in [1.29, 1.82) is 0 Å². The van der Waals surface area contributed by atoms with Crippen LogP contribution in [0.5, 0.6) is 0 Å². The summed E-state index contributed by atoms with van der Waals surface area (Å²) in [6.45, 7) is 1.36. The average Bonchev–Trinajstić information content (AvgIpc) is 3.18. The van der Waals surface area contributed by atoms with Crippen molar-refractivity contribution in [3.05, 3.63) is 29.3 Å². The second-order valence-corrected chi connectivity index (χ2v) is 13.6. The molecule has 4 aliphatic carbocycles. The number of hydrogen-bond acceptors (Lipinski definition) is 5. The number of amides is 3. The van der Waals surface area contributed by atoms with Crippen LogP contribution in [0.25, 0.3) is 0 Å². The van der Waals surface area contributed by atoms with Gasteiger partial charge in [-0.3, -0.25) is 19.7 Å². The molecule has 1 aromatic carbocycles. The van der Waals surface area contributed by atoms with Crippen LogP contribution in [0, 0.1) is 11.3 Å². The Morgan fingerprint density at radius 2 is 1.73 bits per heavy atom. The molecule has 6 aliphatic rings. The molecule has 5 fully saturated rings. The Morgan fingerprint density at radius 3 is 2.38 bits per heavy atom. The highest BCUT2D eigenvalue weighted by Gasteiger charge is 2.49. The third kappa shape index (κ3) is 4.72. The predicted octanol–water partition coefficient (Wildman–Crippen LogP) is 4.53. The van der Waals surface area contributed by atoms with E-state index in [1.165, 1.54) is 32.1 Å². The van der Waals surface area contributed by atoms with Gasteiger partial charge in [-0.05, 0) is 81.3 Å². The molecule has 0 radical (unpaired) electrons. The van der Waals surface area contributed by atoms with Crippen LogP contribution in [-0.2, 0) is 16.1 Å². The van der Waals surface area contributed by atoms with Gasteiger partial charge in [0.1, 0.15) is 6.04 Å². The van der Waals surface area contributed by atoms with Crippen molar-refractivity contribution in [1.82, 2.24) is 15.5 Å². The summed E-state index contributed by atoms with van der Waals surface area (Å²) in [5.74, 6) is -2.65. The number of benzene rings is 1. The summed E-state index contributed by atoms with van der Waals surface area (Å²) < 4.78 is 26.7. The Morgan fingerprint density at radius 1 is 0.975 bits per heavy atom. The second kappa shape index (κ2) is 9.78. The molecule has 3 amide bonds.